The zero-order valence-electron chi connectivity index (χ0n) is 15.0. The lowest BCUT2D eigenvalue weighted by Crippen LogP contribution is -2.46. The first kappa shape index (κ1) is 17.9. The number of carbonyl (C=O) groups is 2. The lowest BCUT2D eigenvalue weighted by Gasteiger charge is -2.36. The number of hydrogen-bond donors (Lipinski definition) is 2. The monoisotopic (exact) mass is 357 g/mol. The molecule has 1 saturated heterocycles. The molecule has 26 heavy (non-hydrogen) atoms. The standard InChI is InChI=1S/C18H23N5O3/c1-4-15(24)23-7-6-13(11(3)10-23)26-14-9-21-17-16(22-14)12(8-20-17)18(25)19-5-2/h4,8-9,11,13H,1,5-7,10H2,2-3H3,(H,19,25)(H,20,21)/t11-,13-/m0/s1. The van der Waals surface area contributed by atoms with Gasteiger partial charge in [0.25, 0.3) is 5.91 Å². The third kappa shape index (κ3) is 3.54. The van der Waals surface area contributed by atoms with Crippen molar-refractivity contribution in [1.82, 2.24) is 25.2 Å². The molecule has 8 nitrogen and oxygen atoms in total. The van der Waals surface area contributed by atoms with Crippen LogP contribution >= 0.6 is 0 Å². The van der Waals surface area contributed by atoms with Crippen molar-refractivity contribution in [3.05, 3.63) is 30.6 Å². The van der Waals surface area contributed by atoms with E-state index in [1.54, 1.807) is 17.3 Å². The minimum atomic E-state index is -0.199. The normalized spacial score (nSPS) is 20.0. The van der Waals surface area contributed by atoms with Crippen molar-refractivity contribution < 1.29 is 14.3 Å². The largest absolute Gasteiger partial charge is 0.473 e. The Kier molecular flexibility index (Phi) is 5.20. The molecule has 2 aromatic heterocycles. The van der Waals surface area contributed by atoms with Gasteiger partial charge in [-0.1, -0.05) is 13.5 Å². The number of H-pyrrole nitrogens is 1. The highest BCUT2D eigenvalue weighted by Gasteiger charge is 2.29. The Bertz CT molecular complexity index is 831. The summed E-state index contributed by atoms with van der Waals surface area (Å²) in [5.74, 6) is 0.271. The third-order valence-corrected chi connectivity index (χ3v) is 4.53. The first-order valence-electron chi connectivity index (χ1n) is 8.73. The number of nitrogens with zero attached hydrogens (tertiary/aromatic N) is 3. The number of aromatic amines is 1. The molecule has 0 bridgehead atoms. The molecule has 3 rings (SSSR count). The average Bonchev–Trinajstić information content (AvgIpc) is 3.06. The van der Waals surface area contributed by atoms with Gasteiger partial charge >= 0.3 is 0 Å². The molecule has 2 atom stereocenters. The average molecular weight is 357 g/mol. The molecule has 1 aliphatic rings. The van der Waals surface area contributed by atoms with Gasteiger partial charge in [0.15, 0.2) is 5.65 Å². The molecule has 2 N–H and O–H groups in total. The second kappa shape index (κ2) is 7.55. The molecule has 1 fully saturated rings. The maximum Gasteiger partial charge on any atom is 0.255 e. The number of fused-ring (bicyclic) bond motifs is 1. The summed E-state index contributed by atoms with van der Waals surface area (Å²) < 4.78 is 6.02. The fraction of sp³-hybridized carbons (Fsp3) is 0.444. The Hall–Kier alpha value is -2.90. The summed E-state index contributed by atoms with van der Waals surface area (Å²) in [5, 5.41) is 2.76. The molecule has 2 aromatic rings. The third-order valence-electron chi connectivity index (χ3n) is 4.53. The summed E-state index contributed by atoms with van der Waals surface area (Å²) >= 11 is 0. The molecule has 0 aromatic carbocycles. The van der Waals surface area contributed by atoms with Gasteiger partial charge in [0.2, 0.25) is 11.8 Å². The fourth-order valence-corrected chi connectivity index (χ4v) is 3.14. The Labute approximate surface area is 151 Å². The highest BCUT2D eigenvalue weighted by atomic mass is 16.5. The zero-order chi connectivity index (χ0) is 18.7. The van der Waals surface area contributed by atoms with Crippen LogP contribution in [0.5, 0.6) is 5.88 Å². The first-order valence-corrected chi connectivity index (χ1v) is 8.73. The number of amides is 2. The molecule has 0 radical (unpaired) electrons. The molecule has 0 saturated carbocycles. The molecule has 0 unspecified atom stereocenters. The number of likely N-dealkylation sites (tertiary alicyclic amines) is 1. The van der Waals surface area contributed by atoms with Gasteiger partial charge in [0.1, 0.15) is 11.6 Å². The Morgan fingerprint density at radius 3 is 3.04 bits per heavy atom. The van der Waals surface area contributed by atoms with Crippen molar-refractivity contribution in [2.24, 2.45) is 5.92 Å². The fourth-order valence-electron chi connectivity index (χ4n) is 3.14. The number of ether oxygens (including phenoxy) is 1. The SMILES string of the molecule is C=CC(=O)N1CC[C@H](Oc2cnc3[nH]cc(C(=O)NCC)c3n2)[C@@H](C)C1. The predicted octanol–water partition coefficient (Wildman–Crippen LogP) is 1.51. The lowest BCUT2D eigenvalue weighted by molar-refractivity contribution is -0.129. The number of piperidine rings is 1. The van der Waals surface area contributed by atoms with Crippen LogP contribution in [0.4, 0.5) is 0 Å². The van der Waals surface area contributed by atoms with E-state index in [0.29, 0.717) is 48.7 Å². The smallest absolute Gasteiger partial charge is 0.255 e. The first-order chi connectivity index (χ1) is 12.5. The van der Waals surface area contributed by atoms with Gasteiger partial charge in [0, 0.05) is 38.2 Å². The van der Waals surface area contributed by atoms with Crippen LogP contribution in [-0.2, 0) is 4.79 Å². The maximum absolute atomic E-state index is 12.1. The van der Waals surface area contributed by atoms with Crippen molar-refractivity contribution in [2.75, 3.05) is 19.6 Å². The van der Waals surface area contributed by atoms with E-state index in [1.165, 1.54) is 6.08 Å². The summed E-state index contributed by atoms with van der Waals surface area (Å²) in [6.45, 7) is 9.19. The van der Waals surface area contributed by atoms with E-state index < -0.39 is 0 Å². The number of nitrogens with one attached hydrogen (secondary N) is 2. The van der Waals surface area contributed by atoms with Crippen LogP contribution in [0, 0.1) is 5.92 Å². The van der Waals surface area contributed by atoms with Crippen LogP contribution in [0.25, 0.3) is 11.2 Å². The van der Waals surface area contributed by atoms with E-state index in [1.807, 2.05) is 13.8 Å². The number of rotatable bonds is 5. The highest BCUT2D eigenvalue weighted by Crippen LogP contribution is 2.24. The number of carbonyl (C=O) groups excluding carboxylic acids is 2. The zero-order valence-corrected chi connectivity index (χ0v) is 15.0. The second-order valence-corrected chi connectivity index (χ2v) is 6.38. The van der Waals surface area contributed by atoms with Gasteiger partial charge in [-0.3, -0.25) is 9.59 Å². The van der Waals surface area contributed by atoms with Crippen LogP contribution < -0.4 is 10.1 Å². The van der Waals surface area contributed by atoms with Crippen molar-refractivity contribution in [2.45, 2.75) is 26.4 Å². The molecule has 3 heterocycles. The number of aromatic nitrogens is 3. The predicted molar refractivity (Wildman–Crippen MR) is 96.9 cm³/mol. The highest BCUT2D eigenvalue weighted by molar-refractivity contribution is 6.04. The maximum atomic E-state index is 12.1. The van der Waals surface area contributed by atoms with Gasteiger partial charge < -0.3 is 19.9 Å². The van der Waals surface area contributed by atoms with Crippen LogP contribution in [-0.4, -0.2) is 57.4 Å². The van der Waals surface area contributed by atoms with Crippen LogP contribution in [0.2, 0.25) is 0 Å². The van der Waals surface area contributed by atoms with Gasteiger partial charge in [-0.15, -0.1) is 0 Å². The van der Waals surface area contributed by atoms with E-state index in [-0.39, 0.29) is 23.8 Å². The van der Waals surface area contributed by atoms with E-state index in [0.717, 1.165) is 0 Å². The molecule has 1 aliphatic heterocycles. The van der Waals surface area contributed by atoms with Crippen molar-refractivity contribution in [3.63, 3.8) is 0 Å². The van der Waals surface area contributed by atoms with Crippen LogP contribution in [0.3, 0.4) is 0 Å². The van der Waals surface area contributed by atoms with E-state index in [9.17, 15) is 9.59 Å². The minimum Gasteiger partial charge on any atom is -0.473 e. The molecule has 8 heteroatoms. The van der Waals surface area contributed by atoms with Crippen molar-refractivity contribution >= 4 is 23.0 Å². The van der Waals surface area contributed by atoms with Crippen LogP contribution in [0.1, 0.15) is 30.6 Å². The minimum absolute atomic E-state index is 0.0598. The van der Waals surface area contributed by atoms with Gasteiger partial charge in [-0.25, -0.2) is 9.97 Å². The summed E-state index contributed by atoms with van der Waals surface area (Å²) in [4.78, 5) is 37.3. The van der Waals surface area contributed by atoms with E-state index in [2.05, 4.69) is 26.8 Å². The van der Waals surface area contributed by atoms with Gasteiger partial charge in [-0.05, 0) is 13.0 Å². The molecular weight excluding hydrogens is 334 g/mol. The Morgan fingerprint density at radius 2 is 2.35 bits per heavy atom. The molecule has 0 aliphatic carbocycles. The Morgan fingerprint density at radius 1 is 1.54 bits per heavy atom. The van der Waals surface area contributed by atoms with Gasteiger partial charge in [0.05, 0.1) is 11.8 Å². The van der Waals surface area contributed by atoms with Gasteiger partial charge in [-0.2, -0.15) is 0 Å². The van der Waals surface area contributed by atoms with Crippen LogP contribution in [0.15, 0.2) is 25.0 Å². The van der Waals surface area contributed by atoms with E-state index in [4.69, 9.17) is 4.74 Å². The summed E-state index contributed by atoms with van der Waals surface area (Å²) in [6.07, 6.45) is 5.12. The summed E-state index contributed by atoms with van der Waals surface area (Å²) in [5.41, 5.74) is 1.47. The second-order valence-electron chi connectivity index (χ2n) is 6.38. The molecular formula is C18H23N5O3. The van der Waals surface area contributed by atoms with Crippen molar-refractivity contribution in [3.8, 4) is 5.88 Å². The molecule has 138 valence electrons. The summed E-state index contributed by atoms with van der Waals surface area (Å²) in [7, 11) is 0. The summed E-state index contributed by atoms with van der Waals surface area (Å²) in [6, 6.07) is 0. The van der Waals surface area contributed by atoms with Crippen molar-refractivity contribution in [1.29, 1.82) is 0 Å². The van der Waals surface area contributed by atoms with E-state index >= 15 is 0 Å². The lowest BCUT2D eigenvalue weighted by atomic mass is 9.96. The molecule has 2 amide bonds. The molecule has 0 spiro atoms. The Balaban J connectivity index is 1.75. The quantitative estimate of drug-likeness (QED) is 0.790. The topological polar surface area (TPSA) is 100 Å². The number of hydrogen-bond acceptors (Lipinski definition) is 5.